The van der Waals surface area contributed by atoms with Gasteiger partial charge in [0.2, 0.25) is 5.91 Å². The summed E-state index contributed by atoms with van der Waals surface area (Å²) in [5.74, 6) is -0.765. The molecule has 94 valence electrons. The van der Waals surface area contributed by atoms with Crippen LogP contribution in [0.5, 0.6) is 0 Å². The maximum Gasteiger partial charge on any atom is 0.224 e. The van der Waals surface area contributed by atoms with E-state index in [-0.39, 0.29) is 11.8 Å². The van der Waals surface area contributed by atoms with Crippen molar-refractivity contribution >= 4 is 29.1 Å². The van der Waals surface area contributed by atoms with Gasteiger partial charge in [0.25, 0.3) is 0 Å². The molecule has 0 saturated heterocycles. The lowest BCUT2D eigenvalue weighted by Crippen LogP contribution is -2.18. The zero-order valence-electron chi connectivity index (χ0n) is 9.60. The molecule has 1 amide bonds. The summed E-state index contributed by atoms with van der Waals surface area (Å²) in [6, 6.07) is 5.29. The van der Waals surface area contributed by atoms with Crippen LogP contribution in [0.1, 0.15) is 18.4 Å². The second kappa shape index (κ2) is 5.00. The highest BCUT2D eigenvalue weighted by atomic mass is 35.5. The molecule has 0 aliphatic rings. The third-order valence-electron chi connectivity index (χ3n) is 2.70. The molecule has 6 heteroatoms. The second-order valence-electron chi connectivity index (χ2n) is 3.94. The van der Waals surface area contributed by atoms with E-state index in [1.807, 2.05) is 0 Å². The number of hydrogen-bond donors (Lipinski definition) is 1. The van der Waals surface area contributed by atoms with Gasteiger partial charge in [0.05, 0.1) is 27.8 Å². The minimum Gasteiger partial charge on any atom is -0.369 e. The number of nitrogens with two attached hydrogens (primary N) is 1. The fourth-order valence-electron chi connectivity index (χ4n) is 1.58. The summed E-state index contributed by atoms with van der Waals surface area (Å²) in [6.45, 7) is 1.73. The molecule has 2 rings (SSSR count). The van der Waals surface area contributed by atoms with Crippen molar-refractivity contribution in [1.82, 2.24) is 9.78 Å². The Kier molecular flexibility index (Phi) is 3.59. The van der Waals surface area contributed by atoms with E-state index in [4.69, 9.17) is 28.9 Å². The molecule has 1 heterocycles. The van der Waals surface area contributed by atoms with E-state index >= 15 is 0 Å². The van der Waals surface area contributed by atoms with Crippen LogP contribution in [0.2, 0.25) is 10.0 Å². The summed E-state index contributed by atoms with van der Waals surface area (Å²) in [6.07, 6.45) is 3.18. The minimum atomic E-state index is -0.388. The Balaban J connectivity index is 2.39. The predicted molar refractivity (Wildman–Crippen MR) is 71.2 cm³/mol. The highest BCUT2D eigenvalue weighted by Crippen LogP contribution is 2.26. The SMILES string of the molecule is CC(C(N)=O)c1ccc(-n2cc(Cl)cn2)c(Cl)c1. The van der Waals surface area contributed by atoms with Crippen LogP contribution >= 0.6 is 23.2 Å². The lowest BCUT2D eigenvalue weighted by Gasteiger charge is -2.10. The Morgan fingerprint density at radius 3 is 2.67 bits per heavy atom. The highest BCUT2D eigenvalue weighted by Gasteiger charge is 2.14. The molecule has 0 bridgehead atoms. The van der Waals surface area contributed by atoms with E-state index in [9.17, 15) is 4.79 Å². The summed E-state index contributed by atoms with van der Waals surface area (Å²) in [7, 11) is 0. The first-order valence-electron chi connectivity index (χ1n) is 5.28. The topological polar surface area (TPSA) is 60.9 Å². The Hall–Kier alpha value is -1.52. The van der Waals surface area contributed by atoms with Crippen LogP contribution in [-0.2, 0) is 4.79 Å². The van der Waals surface area contributed by atoms with Crippen molar-refractivity contribution in [3.63, 3.8) is 0 Å². The quantitative estimate of drug-likeness (QED) is 0.942. The van der Waals surface area contributed by atoms with Gasteiger partial charge in [-0.1, -0.05) is 29.3 Å². The number of rotatable bonds is 3. The molecule has 1 aromatic heterocycles. The molecule has 18 heavy (non-hydrogen) atoms. The third kappa shape index (κ3) is 2.49. The van der Waals surface area contributed by atoms with Crippen LogP contribution in [0.3, 0.4) is 0 Å². The van der Waals surface area contributed by atoms with Crippen molar-refractivity contribution in [2.24, 2.45) is 5.73 Å². The molecule has 0 radical (unpaired) electrons. The largest absolute Gasteiger partial charge is 0.369 e. The number of nitrogens with zero attached hydrogens (tertiary/aromatic N) is 2. The number of hydrogen-bond acceptors (Lipinski definition) is 2. The first kappa shape index (κ1) is 12.9. The number of carbonyl (C=O) groups is 1. The number of amides is 1. The van der Waals surface area contributed by atoms with Crippen molar-refractivity contribution in [2.75, 3.05) is 0 Å². The summed E-state index contributed by atoms with van der Waals surface area (Å²) in [5.41, 5.74) is 6.72. The van der Waals surface area contributed by atoms with Crippen molar-refractivity contribution in [2.45, 2.75) is 12.8 Å². The number of carbonyl (C=O) groups excluding carboxylic acids is 1. The maximum atomic E-state index is 11.1. The molecule has 1 unspecified atom stereocenters. The van der Waals surface area contributed by atoms with Gasteiger partial charge >= 0.3 is 0 Å². The number of benzene rings is 1. The van der Waals surface area contributed by atoms with Gasteiger partial charge in [-0.3, -0.25) is 4.79 Å². The zero-order chi connectivity index (χ0) is 13.3. The van der Waals surface area contributed by atoms with Gasteiger partial charge in [0, 0.05) is 6.20 Å². The number of aromatic nitrogens is 2. The van der Waals surface area contributed by atoms with Gasteiger partial charge in [-0.2, -0.15) is 5.10 Å². The van der Waals surface area contributed by atoms with Gasteiger partial charge in [0.1, 0.15) is 0 Å². The summed E-state index contributed by atoms with van der Waals surface area (Å²) in [4.78, 5) is 11.1. The Labute approximate surface area is 114 Å². The molecule has 1 atom stereocenters. The van der Waals surface area contributed by atoms with E-state index in [1.54, 1.807) is 36.0 Å². The van der Waals surface area contributed by atoms with Crippen LogP contribution in [0.25, 0.3) is 5.69 Å². The Morgan fingerprint density at radius 2 is 2.17 bits per heavy atom. The van der Waals surface area contributed by atoms with Gasteiger partial charge in [-0.25, -0.2) is 4.68 Å². The summed E-state index contributed by atoms with van der Waals surface area (Å²) in [5, 5.41) is 5.08. The van der Waals surface area contributed by atoms with E-state index in [0.717, 1.165) is 5.56 Å². The first-order valence-corrected chi connectivity index (χ1v) is 6.04. The lowest BCUT2D eigenvalue weighted by atomic mass is 10.0. The van der Waals surface area contributed by atoms with Crippen LogP contribution < -0.4 is 5.73 Å². The van der Waals surface area contributed by atoms with Crippen molar-refractivity contribution in [1.29, 1.82) is 0 Å². The van der Waals surface area contributed by atoms with E-state index in [0.29, 0.717) is 15.7 Å². The minimum absolute atomic E-state index is 0.377. The normalized spacial score (nSPS) is 12.4. The molecular weight excluding hydrogens is 273 g/mol. The molecule has 0 aliphatic heterocycles. The summed E-state index contributed by atoms with van der Waals surface area (Å²) < 4.78 is 1.57. The fourth-order valence-corrected chi connectivity index (χ4v) is 1.99. The molecule has 0 aliphatic carbocycles. The molecule has 0 fully saturated rings. The number of primary amides is 1. The molecule has 1 aromatic carbocycles. The Morgan fingerprint density at radius 1 is 1.44 bits per heavy atom. The zero-order valence-corrected chi connectivity index (χ0v) is 11.1. The molecule has 0 spiro atoms. The van der Waals surface area contributed by atoms with E-state index in [2.05, 4.69) is 5.10 Å². The standard InChI is InChI=1S/C12H11Cl2N3O/c1-7(12(15)18)8-2-3-11(10(14)4-8)17-6-9(13)5-16-17/h2-7H,1H3,(H2,15,18). The van der Waals surface area contributed by atoms with Crippen LogP contribution in [-0.4, -0.2) is 15.7 Å². The summed E-state index contributed by atoms with van der Waals surface area (Å²) >= 11 is 12.0. The monoisotopic (exact) mass is 283 g/mol. The van der Waals surface area contributed by atoms with E-state index < -0.39 is 0 Å². The van der Waals surface area contributed by atoms with Gasteiger partial charge in [0.15, 0.2) is 0 Å². The predicted octanol–water partition coefficient (Wildman–Crippen LogP) is 2.77. The average Bonchev–Trinajstić information content (AvgIpc) is 2.74. The van der Waals surface area contributed by atoms with Crippen LogP contribution in [0, 0.1) is 0 Å². The van der Waals surface area contributed by atoms with E-state index in [1.165, 1.54) is 6.20 Å². The first-order chi connectivity index (χ1) is 8.49. The average molecular weight is 284 g/mol. The van der Waals surface area contributed by atoms with Crippen molar-refractivity contribution in [3.05, 3.63) is 46.2 Å². The smallest absolute Gasteiger partial charge is 0.224 e. The molecule has 2 aromatic rings. The van der Waals surface area contributed by atoms with Crippen molar-refractivity contribution in [3.8, 4) is 5.69 Å². The molecule has 2 N–H and O–H groups in total. The molecule has 0 saturated carbocycles. The fraction of sp³-hybridized carbons (Fsp3) is 0.167. The van der Waals surface area contributed by atoms with Gasteiger partial charge in [-0.05, 0) is 24.6 Å². The lowest BCUT2D eigenvalue weighted by molar-refractivity contribution is -0.119. The molecular formula is C12H11Cl2N3O. The van der Waals surface area contributed by atoms with Crippen molar-refractivity contribution < 1.29 is 4.79 Å². The molecule has 4 nitrogen and oxygen atoms in total. The van der Waals surface area contributed by atoms with Gasteiger partial charge < -0.3 is 5.73 Å². The van der Waals surface area contributed by atoms with Crippen LogP contribution in [0.4, 0.5) is 0 Å². The highest BCUT2D eigenvalue weighted by molar-refractivity contribution is 6.32. The maximum absolute atomic E-state index is 11.1. The van der Waals surface area contributed by atoms with Gasteiger partial charge in [-0.15, -0.1) is 0 Å². The Bertz CT molecular complexity index is 595. The second-order valence-corrected chi connectivity index (χ2v) is 4.78. The van der Waals surface area contributed by atoms with Crippen LogP contribution in [0.15, 0.2) is 30.6 Å². The number of halogens is 2. The third-order valence-corrected chi connectivity index (χ3v) is 3.19.